The lowest BCUT2D eigenvalue weighted by atomic mass is 10.1. The fourth-order valence-corrected chi connectivity index (χ4v) is 3.00. The second-order valence-corrected chi connectivity index (χ2v) is 6.13. The normalized spacial score (nSPS) is 14.1. The van der Waals surface area contributed by atoms with Crippen molar-refractivity contribution in [3.63, 3.8) is 0 Å². The van der Waals surface area contributed by atoms with Crippen LogP contribution in [0.4, 0.5) is 0 Å². The number of aryl methyl sites for hydroxylation is 1. The minimum absolute atomic E-state index is 0.000211. The van der Waals surface area contributed by atoms with Crippen molar-refractivity contribution in [3.05, 3.63) is 64.9 Å². The van der Waals surface area contributed by atoms with E-state index in [-0.39, 0.29) is 18.7 Å². The number of benzene rings is 2. The molecule has 1 heterocycles. The summed E-state index contributed by atoms with van der Waals surface area (Å²) in [5.74, 6) is 0.943. The molecule has 3 aromatic rings. The average molecular weight is 330 g/mol. The largest absolute Gasteiger partial charge is 0.394 e. The lowest BCUT2D eigenvalue weighted by Gasteiger charge is -2.22. The molecule has 120 valence electrons. The van der Waals surface area contributed by atoms with Gasteiger partial charge in [-0.15, -0.1) is 0 Å². The number of imidazole rings is 1. The highest BCUT2D eigenvalue weighted by molar-refractivity contribution is 6.30. The van der Waals surface area contributed by atoms with E-state index in [9.17, 15) is 5.11 Å². The minimum atomic E-state index is -0.165. The maximum atomic E-state index is 9.73. The lowest BCUT2D eigenvalue weighted by molar-refractivity contribution is 0.233. The van der Waals surface area contributed by atoms with E-state index in [1.54, 1.807) is 0 Å². The van der Waals surface area contributed by atoms with E-state index in [1.165, 1.54) is 0 Å². The Morgan fingerprint density at radius 2 is 1.87 bits per heavy atom. The third kappa shape index (κ3) is 3.24. The number of aliphatic hydroxyl groups excluding tert-OH is 1. The van der Waals surface area contributed by atoms with Crippen LogP contribution in [0.3, 0.4) is 0 Å². The number of nitrogens with zero attached hydrogens (tertiary/aromatic N) is 2. The Bertz CT molecular complexity index is 798. The van der Waals surface area contributed by atoms with Crippen molar-refractivity contribution in [1.82, 2.24) is 14.9 Å². The molecule has 0 saturated carbocycles. The van der Waals surface area contributed by atoms with Gasteiger partial charge in [-0.1, -0.05) is 35.9 Å². The Hall–Kier alpha value is -1.88. The zero-order valence-corrected chi connectivity index (χ0v) is 14.0. The van der Waals surface area contributed by atoms with Crippen LogP contribution in [0.5, 0.6) is 0 Å². The summed E-state index contributed by atoms with van der Waals surface area (Å²) in [4.78, 5) is 4.71. The van der Waals surface area contributed by atoms with Crippen LogP contribution in [0.2, 0.25) is 5.02 Å². The summed E-state index contributed by atoms with van der Waals surface area (Å²) in [6.45, 7) is 2.07. The van der Waals surface area contributed by atoms with Gasteiger partial charge < -0.3 is 9.67 Å². The predicted molar refractivity (Wildman–Crippen MR) is 93.5 cm³/mol. The van der Waals surface area contributed by atoms with Crippen molar-refractivity contribution in [2.24, 2.45) is 7.05 Å². The molecule has 3 rings (SSSR count). The van der Waals surface area contributed by atoms with Crippen molar-refractivity contribution in [2.45, 2.75) is 19.0 Å². The van der Waals surface area contributed by atoms with Crippen LogP contribution >= 0.6 is 11.6 Å². The highest BCUT2D eigenvalue weighted by Crippen LogP contribution is 2.23. The second-order valence-electron chi connectivity index (χ2n) is 5.69. The molecule has 0 aliphatic heterocycles. The minimum Gasteiger partial charge on any atom is -0.394 e. The van der Waals surface area contributed by atoms with Gasteiger partial charge in [-0.05, 0) is 36.8 Å². The highest BCUT2D eigenvalue weighted by atomic mass is 35.5. The van der Waals surface area contributed by atoms with E-state index >= 15 is 0 Å². The summed E-state index contributed by atoms with van der Waals surface area (Å²) in [7, 11) is 2.01. The molecule has 2 aromatic carbocycles. The van der Waals surface area contributed by atoms with Crippen molar-refractivity contribution in [2.75, 3.05) is 6.61 Å². The van der Waals surface area contributed by atoms with Crippen molar-refractivity contribution < 1.29 is 5.11 Å². The molecule has 5 heteroatoms. The smallest absolute Gasteiger partial charge is 0.126 e. The molecule has 2 unspecified atom stereocenters. The molecular weight excluding hydrogens is 310 g/mol. The topological polar surface area (TPSA) is 50.1 Å². The van der Waals surface area contributed by atoms with Crippen molar-refractivity contribution in [3.8, 4) is 0 Å². The van der Waals surface area contributed by atoms with E-state index < -0.39 is 0 Å². The Kier molecular flexibility index (Phi) is 4.66. The predicted octanol–water partition coefficient (Wildman–Crippen LogP) is 3.61. The van der Waals surface area contributed by atoms with Gasteiger partial charge in [-0.25, -0.2) is 4.98 Å². The third-order valence-corrected chi connectivity index (χ3v) is 4.37. The summed E-state index contributed by atoms with van der Waals surface area (Å²) in [6.07, 6.45) is 0. The summed E-state index contributed by atoms with van der Waals surface area (Å²) >= 11 is 5.93. The molecule has 0 bridgehead atoms. The summed E-state index contributed by atoms with van der Waals surface area (Å²) in [6, 6.07) is 15.4. The number of hydrogen-bond donors (Lipinski definition) is 2. The van der Waals surface area contributed by atoms with Crippen molar-refractivity contribution in [1.29, 1.82) is 0 Å². The van der Waals surface area contributed by atoms with E-state index in [0.717, 1.165) is 22.4 Å². The number of hydrogen-bond acceptors (Lipinski definition) is 3. The molecule has 0 aliphatic rings. The number of halogens is 1. The molecule has 0 aliphatic carbocycles. The van der Waals surface area contributed by atoms with E-state index in [0.29, 0.717) is 5.02 Å². The van der Waals surface area contributed by atoms with Crippen LogP contribution in [0.15, 0.2) is 48.5 Å². The Labute approximate surface area is 140 Å². The van der Waals surface area contributed by atoms with Gasteiger partial charge in [0.25, 0.3) is 0 Å². The van der Waals surface area contributed by atoms with Crippen LogP contribution in [-0.4, -0.2) is 21.3 Å². The number of aliphatic hydroxyl groups is 1. The molecule has 2 N–H and O–H groups in total. The Balaban J connectivity index is 1.85. The van der Waals surface area contributed by atoms with E-state index in [4.69, 9.17) is 16.6 Å². The second kappa shape index (κ2) is 6.71. The van der Waals surface area contributed by atoms with Crippen LogP contribution in [0, 0.1) is 0 Å². The molecule has 4 nitrogen and oxygen atoms in total. The van der Waals surface area contributed by atoms with Crippen LogP contribution in [0.1, 0.15) is 30.4 Å². The van der Waals surface area contributed by atoms with Crippen LogP contribution < -0.4 is 5.32 Å². The first-order chi connectivity index (χ1) is 11.1. The monoisotopic (exact) mass is 329 g/mol. The first-order valence-corrected chi connectivity index (χ1v) is 8.01. The standard InChI is InChI=1S/C18H20ClN3O/c1-12(18-21-15-5-3-4-6-17(15)22(18)2)20-16(11-23)13-7-9-14(19)10-8-13/h3-10,12,16,20,23H,11H2,1-2H3. The molecular formula is C18H20ClN3O. The zero-order valence-electron chi connectivity index (χ0n) is 13.2. The number of nitrogens with one attached hydrogen (secondary N) is 1. The Morgan fingerprint density at radius 3 is 2.52 bits per heavy atom. The molecule has 0 spiro atoms. The van der Waals surface area contributed by atoms with Crippen LogP contribution in [-0.2, 0) is 7.05 Å². The van der Waals surface area contributed by atoms with Gasteiger partial charge in [0, 0.05) is 12.1 Å². The summed E-state index contributed by atoms with van der Waals surface area (Å²) in [5.41, 5.74) is 3.08. The Morgan fingerprint density at radius 1 is 1.17 bits per heavy atom. The quantitative estimate of drug-likeness (QED) is 0.751. The zero-order chi connectivity index (χ0) is 16.4. The van der Waals surface area contributed by atoms with Gasteiger partial charge in [0.2, 0.25) is 0 Å². The van der Waals surface area contributed by atoms with Gasteiger partial charge in [-0.2, -0.15) is 0 Å². The molecule has 1 aromatic heterocycles. The van der Waals surface area contributed by atoms with Gasteiger partial charge in [0.05, 0.1) is 29.7 Å². The number of para-hydroxylation sites is 2. The molecule has 0 amide bonds. The van der Waals surface area contributed by atoms with Gasteiger partial charge in [0.15, 0.2) is 0 Å². The van der Waals surface area contributed by atoms with E-state index in [2.05, 4.69) is 22.9 Å². The van der Waals surface area contributed by atoms with Gasteiger partial charge in [0.1, 0.15) is 5.82 Å². The SMILES string of the molecule is CC(NC(CO)c1ccc(Cl)cc1)c1nc2ccccc2n1C. The first kappa shape index (κ1) is 16.0. The summed E-state index contributed by atoms with van der Waals surface area (Å²) in [5, 5.41) is 13.9. The maximum Gasteiger partial charge on any atom is 0.126 e. The maximum absolute atomic E-state index is 9.73. The molecule has 0 saturated heterocycles. The molecule has 0 radical (unpaired) electrons. The summed E-state index contributed by atoms with van der Waals surface area (Å²) < 4.78 is 2.09. The van der Waals surface area contributed by atoms with E-state index in [1.807, 2.05) is 49.5 Å². The molecule has 0 fully saturated rings. The number of fused-ring (bicyclic) bond motifs is 1. The van der Waals surface area contributed by atoms with Gasteiger partial charge >= 0.3 is 0 Å². The number of rotatable bonds is 5. The average Bonchev–Trinajstić information content (AvgIpc) is 2.91. The lowest BCUT2D eigenvalue weighted by Crippen LogP contribution is -2.28. The van der Waals surface area contributed by atoms with Crippen LogP contribution in [0.25, 0.3) is 11.0 Å². The fraction of sp³-hybridized carbons (Fsp3) is 0.278. The van der Waals surface area contributed by atoms with Gasteiger partial charge in [-0.3, -0.25) is 5.32 Å². The highest BCUT2D eigenvalue weighted by Gasteiger charge is 2.19. The number of aromatic nitrogens is 2. The fourth-order valence-electron chi connectivity index (χ4n) is 2.88. The molecule has 2 atom stereocenters. The third-order valence-electron chi connectivity index (χ3n) is 4.12. The molecule has 23 heavy (non-hydrogen) atoms. The first-order valence-electron chi connectivity index (χ1n) is 7.64. The van der Waals surface area contributed by atoms with Crippen molar-refractivity contribution >= 4 is 22.6 Å².